The predicted octanol–water partition coefficient (Wildman–Crippen LogP) is 15.5. The quantitative estimate of drug-likeness (QED) is 0.0695. The molecule has 260 valence electrons. The fourth-order valence-electron chi connectivity index (χ4n) is 7.24. The van der Waals surface area contributed by atoms with Gasteiger partial charge in [0.25, 0.3) is 0 Å². The molecule has 2 unspecified atom stereocenters. The van der Waals surface area contributed by atoms with Crippen molar-refractivity contribution in [2.24, 2.45) is 0 Å². The Labute approximate surface area is 278 Å². The Morgan fingerprint density at radius 3 is 1.09 bits per heavy atom. The average molecular weight is 615 g/mol. The molecular weight excluding hydrogens is 532 g/mol. The molecule has 0 aromatic carbocycles. The van der Waals surface area contributed by atoms with E-state index >= 15 is 0 Å². The Hall–Kier alpha value is -0.790. The van der Waals surface area contributed by atoms with Gasteiger partial charge in [0.1, 0.15) is 5.82 Å². The molecule has 0 bridgehead atoms. The molecule has 1 rings (SSSR count). The van der Waals surface area contributed by atoms with Crippen molar-refractivity contribution in [1.82, 2.24) is 9.55 Å². The normalized spacial score (nSPS) is 13.1. The number of hydrogen-bond donors (Lipinski definition) is 0. The van der Waals surface area contributed by atoms with Gasteiger partial charge in [0.05, 0.1) is 0 Å². The monoisotopic (exact) mass is 615 g/mol. The lowest BCUT2D eigenvalue weighted by molar-refractivity contribution is 0.414. The van der Waals surface area contributed by atoms with Crippen molar-refractivity contribution in [3.8, 4) is 0 Å². The van der Waals surface area contributed by atoms with E-state index in [1.807, 2.05) is 0 Å². The summed E-state index contributed by atoms with van der Waals surface area (Å²) < 4.78 is 2.56. The van der Waals surface area contributed by atoms with Crippen LogP contribution in [0.4, 0.5) is 0 Å². The molecule has 0 aliphatic heterocycles. The molecule has 2 atom stereocenters. The van der Waals surface area contributed by atoms with Crippen LogP contribution in [0.5, 0.6) is 0 Å². The van der Waals surface area contributed by atoms with E-state index in [1.54, 1.807) is 0 Å². The van der Waals surface area contributed by atoms with Crippen LogP contribution in [0.2, 0.25) is 0 Å². The van der Waals surface area contributed by atoms with Crippen molar-refractivity contribution in [3.05, 3.63) is 18.2 Å². The lowest BCUT2D eigenvalue weighted by Gasteiger charge is -2.22. The van der Waals surface area contributed by atoms with Gasteiger partial charge in [-0.3, -0.25) is 0 Å². The topological polar surface area (TPSA) is 17.8 Å². The van der Waals surface area contributed by atoms with Crippen LogP contribution in [0.25, 0.3) is 0 Å². The van der Waals surface area contributed by atoms with Crippen molar-refractivity contribution in [1.29, 1.82) is 0 Å². The fraction of sp³-hybridized carbons (Fsp3) is 0.929. The third-order valence-corrected chi connectivity index (χ3v) is 10.3. The van der Waals surface area contributed by atoms with Crippen LogP contribution in [0.15, 0.2) is 12.4 Å². The van der Waals surface area contributed by atoms with Crippen LogP contribution >= 0.6 is 0 Å². The van der Waals surface area contributed by atoms with Crippen LogP contribution in [-0.2, 0) is 0 Å². The number of unbranched alkanes of at least 4 members (excludes halogenated alkanes) is 27. The van der Waals surface area contributed by atoms with E-state index in [-0.39, 0.29) is 0 Å². The van der Waals surface area contributed by atoms with Crippen molar-refractivity contribution >= 4 is 0 Å². The molecule has 0 aliphatic carbocycles. The van der Waals surface area contributed by atoms with Gasteiger partial charge >= 0.3 is 0 Å². The van der Waals surface area contributed by atoms with E-state index in [2.05, 4.69) is 44.7 Å². The van der Waals surface area contributed by atoms with Gasteiger partial charge in [-0.05, 0) is 26.2 Å². The van der Waals surface area contributed by atoms with Crippen LogP contribution in [0, 0.1) is 0 Å². The van der Waals surface area contributed by atoms with Crippen molar-refractivity contribution in [2.75, 3.05) is 0 Å². The second-order valence-electron chi connectivity index (χ2n) is 14.7. The van der Waals surface area contributed by atoms with Crippen LogP contribution in [0.1, 0.15) is 257 Å². The van der Waals surface area contributed by atoms with E-state index in [4.69, 9.17) is 4.98 Å². The maximum absolute atomic E-state index is 4.99. The van der Waals surface area contributed by atoms with E-state index in [9.17, 15) is 0 Å². The third-order valence-electron chi connectivity index (χ3n) is 10.3. The molecule has 1 aromatic heterocycles. The average Bonchev–Trinajstić information content (AvgIpc) is 3.52. The first-order valence-electron chi connectivity index (χ1n) is 20.8. The van der Waals surface area contributed by atoms with Gasteiger partial charge in [0.2, 0.25) is 0 Å². The molecule has 0 fully saturated rings. The minimum Gasteiger partial charge on any atom is -0.332 e. The van der Waals surface area contributed by atoms with Gasteiger partial charge in [-0.1, -0.05) is 213 Å². The molecule has 0 saturated heterocycles. The second kappa shape index (κ2) is 32.2. The van der Waals surface area contributed by atoms with Gasteiger partial charge in [0.15, 0.2) is 0 Å². The summed E-state index contributed by atoms with van der Waals surface area (Å²) in [4.78, 5) is 4.99. The van der Waals surface area contributed by atoms with Gasteiger partial charge in [-0.15, -0.1) is 0 Å². The predicted molar refractivity (Wildman–Crippen MR) is 199 cm³/mol. The first-order chi connectivity index (χ1) is 21.7. The fourth-order valence-corrected chi connectivity index (χ4v) is 7.24. The van der Waals surface area contributed by atoms with Crippen molar-refractivity contribution in [2.45, 2.75) is 252 Å². The third kappa shape index (κ3) is 23.5. The van der Waals surface area contributed by atoms with Crippen LogP contribution < -0.4 is 0 Å². The first-order valence-corrected chi connectivity index (χ1v) is 20.8. The van der Waals surface area contributed by atoms with Gasteiger partial charge < -0.3 is 4.57 Å². The molecule has 44 heavy (non-hydrogen) atoms. The summed E-state index contributed by atoms with van der Waals surface area (Å²) in [6, 6.07) is 0.588. The maximum atomic E-state index is 4.99. The van der Waals surface area contributed by atoms with E-state index < -0.39 is 0 Å². The Morgan fingerprint density at radius 1 is 0.432 bits per heavy atom. The second-order valence-corrected chi connectivity index (χ2v) is 14.7. The molecule has 0 amide bonds. The summed E-state index contributed by atoms with van der Waals surface area (Å²) in [5, 5.41) is 0. The largest absolute Gasteiger partial charge is 0.332 e. The number of aromatic nitrogens is 2. The van der Waals surface area contributed by atoms with Crippen LogP contribution in [0.3, 0.4) is 0 Å². The van der Waals surface area contributed by atoms with Crippen LogP contribution in [-0.4, -0.2) is 9.55 Å². The molecule has 2 nitrogen and oxygen atoms in total. The minimum atomic E-state index is 0.588. The first kappa shape index (κ1) is 41.2. The SMILES string of the molecule is CCCCCCCCCCCCCCCCCCC(CCCCCCCCCCCCC)c1nccn1C(C)CCCCC. The molecule has 2 heteroatoms. The molecule has 0 saturated carbocycles. The Morgan fingerprint density at radius 2 is 0.727 bits per heavy atom. The molecule has 0 aliphatic rings. The molecule has 0 radical (unpaired) electrons. The van der Waals surface area contributed by atoms with Gasteiger partial charge in [0, 0.05) is 24.4 Å². The highest BCUT2D eigenvalue weighted by Gasteiger charge is 2.19. The highest BCUT2D eigenvalue weighted by Crippen LogP contribution is 2.31. The Kier molecular flexibility index (Phi) is 30.1. The maximum Gasteiger partial charge on any atom is 0.111 e. The Balaban J connectivity index is 2.28. The molecule has 1 aromatic rings. The zero-order valence-corrected chi connectivity index (χ0v) is 31.0. The molecule has 0 spiro atoms. The minimum absolute atomic E-state index is 0.588. The summed E-state index contributed by atoms with van der Waals surface area (Å²) in [5.41, 5.74) is 0. The van der Waals surface area contributed by atoms with E-state index in [0.29, 0.717) is 12.0 Å². The summed E-state index contributed by atoms with van der Waals surface area (Å²) in [5.74, 6) is 2.06. The smallest absolute Gasteiger partial charge is 0.111 e. The van der Waals surface area contributed by atoms with Gasteiger partial charge in [-0.2, -0.15) is 0 Å². The summed E-state index contributed by atoms with van der Waals surface area (Å²) in [6.07, 6.45) is 51.3. The summed E-state index contributed by atoms with van der Waals surface area (Å²) in [6.45, 7) is 9.36. The Bertz CT molecular complexity index is 679. The number of hydrogen-bond acceptors (Lipinski definition) is 1. The lowest BCUT2D eigenvalue weighted by atomic mass is 9.92. The molecule has 0 N–H and O–H groups in total. The highest BCUT2D eigenvalue weighted by molar-refractivity contribution is 5.02. The lowest BCUT2D eigenvalue weighted by Crippen LogP contribution is -2.13. The van der Waals surface area contributed by atoms with E-state index in [0.717, 1.165) is 0 Å². The number of rotatable bonds is 35. The summed E-state index contributed by atoms with van der Waals surface area (Å²) >= 11 is 0. The zero-order valence-electron chi connectivity index (χ0n) is 31.0. The van der Waals surface area contributed by atoms with E-state index in [1.165, 1.54) is 218 Å². The summed E-state index contributed by atoms with van der Waals surface area (Å²) in [7, 11) is 0. The van der Waals surface area contributed by atoms with Crippen molar-refractivity contribution in [3.63, 3.8) is 0 Å². The standard InChI is InChI=1S/C42H82N2/c1-5-8-11-13-15-17-19-20-21-22-23-25-27-29-31-34-37-41(36-33-30-28-26-24-18-16-14-12-9-6-2)42-43-38-39-44(42)40(4)35-32-10-7-3/h38-41H,5-37H2,1-4H3. The number of imidazole rings is 1. The number of nitrogens with zero attached hydrogens (tertiary/aromatic N) is 2. The molecule has 1 heterocycles. The van der Waals surface area contributed by atoms with Crippen molar-refractivity contribution < 1.29 is 0 Å². The zero-order chi connectivity index (χ0) is 31.8. The molecular formula is C42H82N2. The highest BCUT2D eigenvalue weighted by atomic mass is 15.1. The van der Waals surface area contributed by atoms with Gasteiger partial charge in [-0.25, -0.2) is 4.98 Å².